The van der Waals surface area contributed by atoms with Crippen LogP contribution in [0.4, 0.5) is 0 Å². The van der Waals surface area contributed by atoms with Crippen molar-refractivity contribution < 1.29 is 14.3 Å². The van der Waals surface area contributed by atoms with Crippen molar-refractivity contribution in [2.24, 2.45) is 0 Å². The number of nitrogens with zero attached hydrogens (tertiary/aromatic N) is 3. The zero-order valence-electron chi connectivity index (χ0n) is 20.3. The van der Waals surface area contributed by atoms with Gasteiger partial charge in [0.1, 0.15) is 12.4 Å². The largest absolute Gasteiger partial charge is 0.488 e. The molecule has 1 N–H and O–H groups in total. The lowest BCUT2D eigenvalue weighted by atomic mass is 10.1. The standard InChI is InChI=1S/C29H28N4O3/c1-3-35-29(28(34)31-18-23-15-13-22(17-30)14-16-23)33-19-21(2)27(32-33)25-11-7-8-12-26(25)36-20-24-9-5-4-6-10-24/h4-16,19,29H,3,18,20H2,1-2H3,(H,31,34)/t29-/m0/s1. The minimum absolute atomic E-state index is 0.302. The van der Waals surface area contributed by atoms with E-state index >= 15 is 0 Å². The van der Waals surface area contributed by atoms with Crippen LogP contribution in [-0.2, 0) is 22.7 Å². The molecule has 7 nitrogen and oxygen atoms in total. The highest BCUT2D eigenvalue weighted by atomic mass is 16.5. The van der Waals surface area contributed by atoms with Crippen molar-refractivity contribution >= 4 is 5.91 Å². The Kier molecular flexibility index (Phi) is 8.12. The van der Waals surface area contributed by atoms with E-state index in [4.69, 9.17) is 19.8 Å². The summed E-state index contributed by atoms with van der Waals surface area (Å²) >= 11 is 0. The predicted molar refractivity (Wildman–Crippen MR) is 137 cm³/mol. The third-order valence-corrected chi connectivity index (χ3v) is 5.63. The fourth-order valence-corrected chi connectivity index (χ4v) is 3.80. The summed E-state index contributed by atoms with van der Waals surface area (Å²) in [5.74, 6) is 0.414. The number of amides is 1. The van der Waals surface area contributed by atoms with Gasteiger partial charge < -0.3 is 14.8 Å². The molecule has 0 bridgehead atoms. The number of nitriles is 1. The van der Waals surface area contributed by atoms with Crippen LogP contribution in [0.5, 0.6) is 5.75 Å². The first-order valence-electron chi connectivity index (χ1n) is 11.8. The smallest absolute Gasteiger partial charge is 0.272 e. The molecule has 0 aliphatic rings. The van der Waals surface area contributed by atoms with E-state index in [1.165, 1.54) is 0 Å². The van der Waals surface area contributed by atoms with Crippen molar-refractivity contribution in [2.45, 2.75) is 33.2 Å². The summed E-state index contributed by atoms with van der Waals surface area (Å²) in [5, 5.41) is 16.6. The maximum absolute atomic E-state index is 13.0. The normalized spacial score (nSPS) is 11.5. The second kappa shape index (κ2) is 11.8. The number of ether oxygens (including phenoxy) is 2. The number of hydrogen-bond donors (Lipinski definition) is 1. The number of para-hydroxylation sites is 1. The summed E-state index contributed by atoms with van der Waals surface area (Å²) in [6, 6.07) is 26.9. The molecule has 0 aliphatic heterocycles. The van der Waals surface area contributed by atoms with Gasteiger partial charge in [-0.3, -0.25) is 4.79 Å². The molecular formula is C29H28N4O3. The molecule has 0 radical (unpaired) electrons. The van der Waals surface area contributed by atoms with Crippen molar-refractivity contribution in [3.05, 3.63) is 107 Å². The van der Waals surface area contributed by atoms with Crippen LogP contribution in [0.1, 0.15) is 35.4 Å². The van der Waals surface area contributed by atoms with Gasteiger partial charge in [-0.15, -0.1) is 0 Å². The highest BCUT2D eigenvalue weighted by Gasteiger charge is 2.24. The Morgan fingerprint density at radius 1 is 1.03 bits per heavy atom. The third-order valence-electron chi connectivity index (χ3n) is 5.63. The number of hydrogen-bond acceptors (Lipinski definition) is 5. The Bertz CT molecular complexity index is 1340. The molecule has 3 aromatic carbocycles. The van der Waals surface area contributed by atoms with Gasteiger partial charge in [0.05, 0.1) is 17.3 Å². The topological polar surface area (TPSA) is 89.2 Å². The number of rotatable bonds is 10. The minimum Gasteiger partial charge on any atom is -0.488 e. The Labute approximate surface area is 210 Å². The molecule has 4 rings (SSSR count). The molecule has 0 spiro atoms. The quantitative estimate of drug-likeness (QED) is 0.339. The maximum Gasteiger partial charge on any atom is 0.272 e. The van der Waals surface area contributed by atoms with Crippen molar-refractivity contribution in [3.63, 3.8) is 0 Å². The van der Waals surface area contributed by atoms with Crippen LogP contribution < -0.4 is 10.1 Å². The van der Waals surface area contributed by atoms with Crippen LogP contribution in [0.3, 0.4) is 0 Å². The molecule has 0 aliphatic carbocycles. The first-order valence-corrected chi connectivity index (χ1v) is 11.8. The molecule has 0 unspecified atom stereocenters. The Morgan fingerprint density at radius 3 is 2.47 bits per heavy atom. The summed E-state index contributed by atoms with van der Waals surface area (Å²) in [4.78, 5) is 13.0. The zero-order valence-corrected chi connectivity index (χ0v) is 20.3. The summed E-state index contributed by atoms with van der Waals surface area (Å²) in [5.41, 5.74) is 5.01. The van der Waals surface area contributed by atoms with Gasteiger partial charge in [-0.05, 0) is 54.8 Å². The summed E-state index contributed by atoms with van der Waals surface area (Å²) in [6.45, 7) is 4.89. The number of aryl methyl sites for hydroxylation is 1. The van der Waals surface area contributed by atoms with E-state index in [1.54, 1.807) is 16.8 Å². The van der Waals surface area contributed by atoms with Crippen molar-refractivity contribution in [2.75, 3.05) is 6.61 Å². The summed E-state index contributed by atoms with van der Waals surface area (Å²) in [6.07, 6.45) is 0.892. The van der Waals surface area contributed by atoms with E-state index in [0.717, 1.165) is 27.9 Å². The Morgan fingerprint density at radius 2 is 1.75 bits per heavy atom. The average molecular weight is 481 g/mol. The van der Waals surface area contributed by atoms with E-state index in [1.807, 2.05) is 86.8 Å². The van der Waals surface area contributed by atoms with E-state index in [2.05, 4.69) is 11.4 Å². The minimum atomic E-state index is -0.918. The summed E-state index contributed by atoms with van der Waals surface area (Å²) < 4.78 is 13.4. The molecule has 1 aromatic heterocycles. The zero-order chi connectivity index (χ0) is 25.3. The molecule has 0 saturated heterocycles. The number of aromatic nitrogens is 2. The number of nitrogens with one attached hydrogen (secondary N) is 1. The fourth-order valence-electron chi connectivity index (χ4n) is 3.80. The molecule has 1 heterocycles. The van der Waals surface area contributed by atoms with Crippen molar-refractivity contribution in [1.29, 1.82) is 5.26 Å². The van der Waals surface area contributed by atoms with Crippen LogP contribution in [0, 0.1) is 18.3 Å². The molecule has 4 aromatic rings. The van der Waals surface area contributed by atoms with Crippen molar-refractivity contribution in [3.8, 4) is 23.1 Å². The van der Waals surface area contributed by atoms with E-state index in [-0.39, 0.29) is 5.91 Å². The van der Waals surface area contributed by atoms with Gasteiger partial charge >= 0.3 is 0 Å². The van der Waals surface area contributed by atoms with Gasteiger partial charge in [0.15, 0.2) is 0 Å². The highest BCUT2D eigenvalue weighted by molar-refractivity contribution is 5.79. The number of benzene rings is 3. The second-order valence-electron chi connectivity index (χ2n) is 8.25. The van der Waals surface area contributed by atoms with Gasteiger partial charge in [-0.1, -0.05) is 54.6 Å². The first-order chi connectivity index (χ1) is 17.6. The SMILES string of the molecule is CCO[C@@H](C(=O)NCc1ccc(C#N)cc1)n1cc(C)c(-c2ccccc2OCc2ccccc2)n1. The van der Waals surface area contributed by atoms with E-state index in [0.29, 0.717) is 31.1 Å². The molecule has 182 valence electrons. The molecule has 36 heavy (non-hydrogen) atoms. The molecule has 0 fully saturated rings. The Balaban J connectivity index is 1.52. The van der Waals surface area contributed by atoms with Crippen LogP contribution in [0.15, 0.2) is 85.1 Å². The van der Waals surface area contributed by atoms with Gasteiger partial charge in [-0.2, -0.15) is 10.4 Å². The maximum atomic E-state index is 13.0. The van der Waals surface area contributed by atoms with Gasteiger partial charge in [0.25, 0.3) is 5.91 Å². The second-order valence-corrected chi connectivity index (χ2v) is 8.25. The first kappa shape index (κ1) is 24.7. The lowest BCUT2D eigenvalue weighted by Crippen LogP contribution is -2.34. The van der Waals surface area contributed by atoms with Crippen LogP contribution in [0.2, 0.25) is 0 Å². The Hall–Kier alpha value is -4.41. The van der Waals surface area contributed by atoms with Gasteiger partial charge in [-0.25, -0.2) is 4.68 Å². The highest BCUT2D eigenvalue weighted by Crippen LogP contribution is 2.32. The van der Waals surface area contributed by atoms with Gasteiger partial charge in [0.2, 0.25) is 6.23 Å². The number of carbonyl (C=O) groups excluding carboxylic acids is 1. The average Bonchev–Trinajstić information content (AvgIpc) is 3.31. The van der Waals surface area contributed by atoms with E-state index in [9.17, 15) is 4.79 Å². The lowest BCUT2D eigenvalue weighted by Gasteiger charge is -2.17. The van der Waals surface area contributed by atoms with Crippen molar-refractivity contribution in [1.82, 2.24) is 15.1 Å². The molecule has 0 saturated carbocycles. The van der Waals surface area contributed by atoms with Crippen LogP contribution in [-0.4, -0.2) is 22.3 Å². The molecule has 1 amide bonds. The third kappa shape index (κ3) is 5.98. The van der Waals surface area contributed by atoms with Gasteiger partial charge in [0, 0.05) is 24.9 Å². The van der Waals surface area contributed by atoms with Crippen LogP contribution >= 0.6 is 0 Å². The summed E-state index contributed by atoms with van der Waals surface area (Å²) in [7, 11) is 0. The monoisotopic (exact) mass is 480 g/mol. The molecular weight excluding hydrogens is 452 g/mol. The van der Waals surface area contributed by atoms with E-state index < -0.39 is 6.23 Å². The predicted octanol–water partition coefficient (Wildman–Crippen LogP) is 5.16. The van der Waals surface area contributed by atoms with Crippen LogP contribution in [0.25, 0.3) is 11.3 Å². The molecule has 7 heteroatoms. The number of carbonyl (C=O) groups is 1. The molecule has 1 atom stereocenters. The fraction of sp³-hybridized carbons (Fsp3) is 0.207. The lowest BCUT2D eigenvalue weighted by molar-refractivity contribution is -0.139.